The monoisotopic (exact) mass is 406 g/mol. The summed E-state index contributed by atoms with van der Waals surface area (Å²) in [5, 5.41) is 3.84. The van der Waals surface area contributed by atoms with Crippen molar-refractivity contribution in [3.05, 3.63) is 39.2 Å². The summed E-state index contributed by atoms with van der Waals surface area (Å²) in [6.45, 7) is 5.30. The lowest BCUT2D eigenvalue weighted by Gasteiger charge is -2.18. The van der Waals surface area contributed by atoms with Crippen molar-refractivity contribution in [1.29, 1.82) is 0 Å². The number of likely N-dealkylation sites (tertiary alicyclic amines) is 1. The smallest absolute Gasteiger partial charge is 0.336 e. The summed E-state index contributed by atoms with van der Waals surface area (Å²) >= 11 is 6.26. The molecule has 1 aliphatic heterocycles. The minimum absolute atomic E-state index is 0.177. The van der Waals surface area contributed by atoms with Gasteiger partial charge < -0.3 is 19.4 Å². The number of rotatable bonds is 7. The molecule has 8 heteroatoms. The Hall–Kier alpha value is -2.54. The summed E-state index contributed by atoms with van der Waals surface area (Å²) in [7, 11) is 0. The number of amides is 2. The molecule has 150 valence electrons. The fourth-order valence-electron chi connectivity index (χ4n) is 3.22. The molecule has 3 rings (SSSR count). The number of fused-ring (bicyclic) bond motifs is 1. The number of carbonyl (C=O) groups is 2. The molecule has 2 amide bonds. The number of hydrogen-bond donors (Lipinski definition) is 1. The minimum Gasteiger partial charge on any atom is -0.479 e. The van der Waals surface area contributed by atoms with E-state index >= 15 is 0 Å². The third kappa shape index (κ3) is 4.65. The molecule has 0 radical (unpaired) electrons. The van der Waals surface area contributed by atoms with Crippen molar-refractivity contribution in [2.75, 3.05) is 19.6 Å². The van der Waals surface area contributed by atoms with Crippen molar-refractivity contribution in [3.8, 4) is 5.75 Å². The van der Waals surface area contributed by atoms with Gasteiger partial charge in [0.25, 0.3) is 5.91 Å². The second-order valence-corrected chi connectivity index (χ2v) is 7.32. The van der Waals surface area contributed by atoms with Gasteiger partial charge in [-0.2, -0.15) is 0 Å². The van der Waals surface area contributed by atoms with Crippen molar-refractivity contribution in [2.24, 2.45) is 0 Å². The van der Waals surface area contributed by atoms with Crippen molar-refractivity contribution in [3.63, 3.8) is 0 Å². The Morgan fingerprint density at radius 1 is 1.36 bits per heavy atom. The second kappa shape index (κ2) is 8.65. The van der Waals surface area contributed by atoms with Gasteiger partial charge in [0.2, 0.25) is 5.91 Å². The van der Waals surface area contributed by atoms with Crippen LogP contribution in [0, 0.1) is 6.92 Å². The Morgan fingerprint density at radius 2 is 2.14 bits per heavy atom. The number of ether oxygens (including phenoxy) is 1. The maximum Gasteiger partial charge on any atom is 0.336 e. The summed E-state index contributed by atoms with van der Waals surface area (Å²) in [4.78, 5) is 37.2. The van der Waals surface area contributed by atoms with E-state index < -0.39 is 11.7 Å². The second-order valence-electron chi connectivity index (χ2n) is 6.92. The average Bonchev–Trinajstić information content (AvgIpc) is 3.04. The van der Waals surface area contributed by atoms with Crippen molar-refractivity contribution in [1.82, 2.24) is 10.2 Å². The van der Waals surface area contributed by atoms with Crippen LogP contribution in [0.5, 0.6) is 5.75 Å². The lowest BCUT2D eigenvalue weighted by atomic mass is 10.1. The first-order chi connectivity index (χ1) is 13.3. The molecule has 7 nitrogen and oxygen atoms in total. The Balaban J connectivity index is 1.56. The predicted octanol–water partition coefficient (Wildman–Crippen LogP) is 2.65. The number of nitrogens with one attached hydrogen (secondary N) is 1. The Labute approximate surface area is 167 Å². The fraction of sp³-hybridized carbons (Fsp3) is 0.450. The van der Waals surface area contributed by atoms with E-state index in [1.807, 2.05) is 4.90 Å². The Kier molecular flexibility index (Phi) is 6.24. The quantitative estimate of drug-likeness (QED) is 0.564. The van der Waals surface area contributed by atoms with E-state index in [1.54, 1.807) is 19.9 Å². The van der Waals surface area contributed by atoms with Crippen LogP contribution in [0.15, 0.2) is 27.4 Å². The topological polar surface area (TPSA) is 88.8 Å². The highest BCUT2D eigenvalue weighted by molar-refractivity contribution is 6.32. The molecule has 1 aliphatic rings. The van der Waals surface area contributed by atoms with Crippen LogP contribution in [0.3, 0.4) is 0 Å². The Morgan fingerprint density at radius 3 is 2.86 bits per heavy atom. The van der Waals surface area contributed by atoms with Gasteiger partial charge in [0.1, 0.15) is 11.3 Å². The van der Waals surface area contributed by atoms with E-state index in [0.717, 1.165) is 18.5 Å². The van der Waals surface area contributed by atoms with E-state index in [9.17, 15) is 14.4 Å². The van der Waals surface area contributed by atoms with Crippen LogP contribution in [0.25, 0.3) is 11.0 Å². The van der Waals surface area contributed by atoms with Gasteiger partial charge in [-0.05, 0) is 38.3 Å². The van der Waals surface area contributed by atoms with Gasteiger partial charge in [-0.1, -0.05) is 11.6 Å². The lowest BCUT2D eigenvalue weighted by Crippen LogP contribution is -2.38. The van der Waals surface area contributed by atoms with Gasteiger partial charge in [0, 0.05) is 43.6 Å². The Bertz CT molecular complexity index is 955. The number of aryl methyl sites for hydroxylation is 1. The van der Waals surface area contributed by atoms with E-state index in [2.05, 4.69) is 5.32 Å². The summed E-state index contributed by atoms with van der Waals surface area (Å²) in [6.07, 6.45) is 1.43. The molecule has 1 N–H and O–H groups in total. The van der Waals surface area contributed by atoms with Gasteiger partial charge in [0.15, 0.2) is 6.10 Å². The van der Waals surface area contributed by atoms with Crippen molar-refractivity contribution < 1.29 is 18.7 Å². The zero-order valence-corrected chi connectivity index (χ0v) is 16.7. The summed E-state index contributed by atoms with van der Waals surface area (Å²) in [5.41, 5.74) is 0.648. The normalized spacial score (nSPS) is 15.1. The maximum atomic E-state index is 12.3. The predicted molar refractivity (Wildman–Crippen MR) is 106 cm³/mol. The molecule has 1 atom stereocenters. The molecule has 1 aromatic heterocycles. The molecule has 0 bridgehead atoms. The molecule has 0 aliphatic carbocycles. The minimum atomic E-state index is -0.778. The molecule has 28 heavy (non-hydrogen) atoms. The highest BCUT2D eigenvalue weighted by atomic mass is 35.5. The number of halogens is 1. The van der Waals surface area contributed by atoms with Crippen LogP contribution in [0.2, 0.25) is 5.02 Å². The maximum absolute atomic E-state index is 12.3. The molecule has 0 saturated carbocycles. The molecular formula is C20H23ClN2O5. The molecule has 0 unspecified atom stereocenters. The molecule has 1 aromatic carbocycles. The third-order valence-electron chi connectivity index (χ3n) is 4.75. The molecular weight excluding hydrogens is 384 g/mol. The molecule has 0 spiro atoms. The van der Waals surface area contributed by atoms with Crippen molar-refractivity contribution >= 4 is 34.4 Å². The van der Waals surface area contributed by atoms with Crippen LogP contribution >= 0.6 is 11.6 Å². The fourth-order valence-corrected chi connectivity index (χ4v) is 3.43. The number of nitrogens with zero attached hydrogens (tertiary/aromatic N) is 1. The first kappa shape index (κ1) is 20.2. The van der Waals surface area contributed by atoms with Gasteiger partial charge in [-0.3, -0.25) is 9.59 Å². The summed E-state index contributed by atoms with van der Waals surface area (Å²) in [5.74, 6) is 0.165. The number of carbonyl (C=O) groups excluding carboxylic acids is 2. The van der Waals surface area contributed by atoms with Gasteiger partial charge in [-0.15, -0.1) is 0 Å². The average molecular weight is 407 g/mol. The van der Waals surface area contributed by atoms with E-state index in [4.69, 9.17) is 20.8 Å². The highest BCUT2D eigenvalue weighted by Gasteiger charge is 2.20. The molecule has 2 heterocycles. The van der Waals surface area contributed by atoms with E-state index in [-0.39, 0.29) is 17.6 Å². The van der Waals surface area contributed by atoms with Crippen LogP contribution in [-0.4, -0.2) is 42.5 Å². The molecule has 1 saturated heterocycles. The first-order valence-electron chi connectivity index (χ1n) is 9.31. The standard InChI is InChI=1S/C20H23ClN2O5/c1-12-9-19(25)28-16-11-17(15(21)10-14(12)16)27-13(2)20(26)22-6-4-8-23-7-3-5-18(23)24/h9-11,13H,3-8H2,1-2H3,(H,22,26)/t13-/m1/s1. The van der Waals surface area contributed by atoms with Crippen LogP contribution in [0.1, 0.15) is 31.7 Å². The molecule has 2 aromatic rings. The first-order valence-corrected chi connectivity index (χ1v) is 9.69. The SMILES string of the molecule is Cc1cc(=O)oc2cc(O[C@H](C)C(=O)NCCCN3CCCC3=O)c(Cl)cc12. The number of benzene rings is 1. The van der Waals surface area contributed by atoms with Crippen LogP contribution in [0.4, 0.5) is 0 Å². The third-order valence-corrected chi connectivity index (χ3v) is 5.05. The lowest BCUT2D eigenvalue weighted by molar-refractivity contribution is -0.127. The van der Waals surface area contributed by atoms with E-state index in [1.165, 1.54) is 12.1 Å². The largest absolute Gasteiger partial charge is 0.479 e. The summed E-state index contributed by atoms with van der Waals surface area (Å²) in [6, 6.07) is 4.57. The zero-order valence-electron chi connectivity index (χ0n) is 15.9. The van der Waals surface area contributed by atoms with Gasteiger partial charge >= 0.3 is 5.63 Å². The van der Waals surface area contributed by atoms with Crippen molar-refractivity contribution in [2.45, 2.75) is 39.2 Å². The summed E-state index contributed by atoms with van der Waals surface area (Å²) < 4.78 is 10.9. The number of hydrogen-bond acceptors (Lipinski definition) is 5. The van der Waals surface area contributed by atoms with Crippen LogP contribution in [-0.2, 0) is 9.59 Å². The highest BCUT2D eigenvalue weighted by Crippen LogP contribution is 2.31. The molecule has 1 fully saturated rings. The van der Waals surface area contributed by atoms with Crippen LogP contribution < -0.4 is 15.7 Å². The van der Waals surface area contributed by atoms with Gasteiger partial charge in [0.05, 0.1) is 5.02 Å². The zero-order chi connectivity index (χ0) is 20.3. The van der Waals surface area contributed by atoms with Gasteiger partial charge in [-0.25, -0.2) is 4.79 Å². The van der Waals surface area contributed by atoms with E-state index in [0.29, 0.717) is 41.9 Å².